The van der Waals surface area contributed by atoms with Crippen molar-refractivity contribution in [3.05, 3.63) is 35.6 Å². The lowest BCUT2D eigenvalue weighted by Crippen LogP contribution is -2.48. The van der Waals surface area contributed by atoms with Crippen LogP contribution in [0.15, 0.2) is 29.3 Å². The zero-order valence-corrected chi connectivity index (χ0v) is 15.5. The van der Waals surface area contributed by atoms with Gasteiger partial charge in [0.15, 0.2) is 5.96 Å². The third-order valence-corrected chi connectivity index (χ3v) is 5.07. The average molecular weight is 431 g/mol. The molecule has 4 nitrogen and oxygen atoms in total. The van der Waals surface area contributed by atoms with Crippen molar-refractivity contribution in [3.8, 4) is 0 Å². The number of nitrogens with one attached hydrogen (secondary N) is 2. The Morgan fingerprint density at radius 3 is 2.61 bits per heavy atom. The summed E-state index contributed by atoms with van der Waals surface area (Å²) >= 11 is 0. The van der Waals surface area contributed by atoms with Crippen molar-refractivity contribution in [2.45, 2.75) is 55.9 Å². The van der Waals surface area contributed by atoms with Crippen molar-refractivity contribution in [1.82, 2.24) is 10.6 Å². The summed E-state index contributed by atoms with van der Waals surface area (Å²) in [7, 11) is 1.78. The number of hydrogen-bond acceptors (Lipinski definition) is 2. The molecule has 2 aliphatic heterocycles. The average Bonchev–Trinajstić information content (AvgIpc) is 2.96. The molecule has 2 heterocycles. The fourth-order valence-electron chi connectivity index (χ4n) is 3.79. The van der Waals surface area contributed by atoms with Gasteiger partial charge in [0.2, 0.25) is 0 Å². The van der Waals surface area contributed by atoms with Crippen molar-refractivity contribution in [2.75, 3.05) is 7.05 Å². The Balaban J connectivity index is 0.00000156. The highest BCUT2D eigenvalue weighted by molar-refractivity contribution is 14.0. The molecule has 2 saturated heterocycles. The Hall–Kier alpha value is -0.890. The summed E-state index contributed by atoms with van der Waals surface area (Å²) < 4.78 is 19.7. The molecule has 4 rings (SSSR count). The second-order valence-corrected chi connectivity index (χ2v) is 6.55. The first kappa shape index (κ1) is 17.0. The summed E-state index contributed by atoms with van der Waals surface area (Å²) in [5, 5.41) is 6.89. The number of ether oxygens (including phenoxy) is 1. The third-order valence-electron chi connectivity index (χ3n) is 5.07. The van der Waals surface area contributed by atoms with E-state index in [1.807, 2.05) is 12.1 Å². The molecule has 2 bridgehead atoms. The molecular weight excluding hydrogens is 408 g/mol. The highest BCUT2D eigenvalue weighted by Crippen LogP contribution is 2.42. The van der Waals surface area contributed by atoms with Gasteiger partial charge in [-0.2, -0.15) is 0 Å². The van der Waals surface area contributed by atoms with Gasteiger partial charge in [0.25, 0.3) is 0 Å². The zero-order chi connectivity index (χ0) is 15.1. The van der Waals surface area contributed by atoms with Crippen LogP contribution in [-0.4, -0.2) is 37.3 Å². The van der Waals surface area contributed by atoms with Gasteiger partial charge in [-0.15, -0.1) is 24.0 Å². The molecule has 2 N–H and O–H groups in total. The van der Waals surface area contributed by atoms with Crippen LogP contribution in [0.1, 0.15) is 37.2 Å². The second-order valence-electron chi connectivity index (χ2n) is 6.55. The molecule has 3 fully saturated rings. The minimum atomic E-state index is -0.110. The van der Waals surface area contributed by atoms with Gasteiger partial charge >= 0.3 is 0 Å². The van der Waals surface area contributed by atoms with Crippen molar-refractivity contribution in [1.29, 1.82) is 0 Å². The largest absolute Gasteiger partial charge is 0.373 e. The van der Waals surface area contributed by atoms with E-state index in [2.05, 4.69) is 15.6 Å². The quantitative estimate of drug-likeness (QED) is 0.440. The Kier molecular flexibility index (Phi) is 5.10. The molecule has 3 aliphatic rings. The topological polar surface area (TPSA) is 45.7 Å². The molecule has 0 amide bonds. The number of fused-ring (bicyclic) bond motifs is 2. The summed E-state index contributed by atoms with van der Waals surface area (Å²) in [5.74, 6) is 0.947. The van der Waals surface area contributed by atoms with Gasteiger partial charge in [-0.1, -0.05) is 18.2 Å². The predicted molar refractivity (Wildman–Crippen MR) is 98.9 cm³/mol. The van der Waals surface area contributed by atoms with Crippen molar-refractivity contribution in [2.24, 2.45) is 4.99 Å². The molecule has 5 atom stereocenters. The fraction of sp³-hybridized carbons (Fsp3) is 0.588. The molecule has 6 heteroatoms. The first-order valence-electron chi connectivity index (χ1n) is 8.14. The minimum absolute atomic E-state index is 0. The van der Waals surface area contributed by atoms with Gasteiger partial charge < -0.3 is 15.4 Å². The number of nitrogens with zero attached hydrogens (tertiary/aromatic N) is 1. The van der Waals surface area contributed by atoms with Gasteiger partial charge in [-0.05, 0) is 37.3 Å². The smallest absolute Gasteiger partial charge is 0.191 e. The van der Waals surface area contributed by atoms with E-state index in [-0.39, 0.29) is 41.8 Å². The lowest BCUT2D eigenvalue weighted by Gasteiger charge is -2.22. The first-order valence-corrected chi connectivity index (χ1v) is 8.14. The molecule has 23 heavy (non-hydrogen) atoms. The molecular formula is C17H23FIN3O. The van der Waals surface area contributed by atoms with E-state index >= 15 is 0 Å². The van der Waals surface area contributed by atoms with Crippen LogP contribution in [0, 0.1) is 5.82 Å². The van der Waals surface area contributed by atoms with Gasteiger partial charge in [0.1, 0.15) is 5.82 Å². The zero-order valence-electron chi connectivity index (χ0n) is 13.2. The molecule has 126 valence electrons. The summed E-state index contributed by atoms with van der Waals surface area (Å²) in [5.41, 5.74) is 0.804. The minimum Gasteiger partial charge on any atom is -0.373 e. The SMILES string of the molecule is CN=C(NC1CC2CCC1O2)NC1CC1c1ccccc1F.I. The van der Waals surface area contributed by atoms with Crippen LogP contribution >= 0.6 is 24.0 Å². The molecule has 0 radical (unpaired) electrons. The van der Waals surface area contributed by atoms with Crippen LogP contribution in [0.2, 0.25) is 0 Å². The molecule has 1 aliphatic carbocycles. The molecule has 1 saturated carbocycles. The number of aliphatic imine (C=N–C) groups is 1. The lowest BCUT2D eigenvalue weighted by molar-refractivity contribution is 0.0992. The second kappa shape index (κ2) is 6.93. The number of halogens is 2. The van der Waals surface area contributed by atoms with Gasteiger partial charge in [-0.25, -0.2) is 4.39 Å². The van der Waals surface area contributed by atoms with E-state index in [1.54, 1.807) is 13.1 Å². The maximum absolute atomic E-state index is 13.8. The molecule has 1 aromatic carbocycles. The van der Waals surface area contributed by atoms with Crippen LogP contribution in [0.3, 0.4) is 0 Å². The Bertz CT molecular complexity index is 597. The van der Waals surface area contributed by atoms with Crippen molar-refractivity contribution < 1.29 is 9.13 Å². The van der Waals surface area contributed by atoms with Crippen LogP contribution in [0.4, 0.5) is 4.39 Å². The van der Waals surface area contributed by atoms with E-state index in [0.29, 0.717) is 18.2 Å². The number of guanidine groups is 1. The lowest BCUT2D eigenvalue weighted by atomic mass is 9.96. The van der Waals surface area contributed by atoms with E-state index in [4.69, 9.17) is 4.74 Å². The van der Waals surface area contributed by atoms with Crippen LogP contribution < -0.4 is 10.6 Å². The highest BCUT2D eigenvalue weighted by atomic mass is 127. The molecule has 5 unspecified atom stereocenters. The van der Waals surface area contributed by atoms with Crippen LogP contribution in [0.25, 0.3) is 0 Å². The normalized spacial score (nSPS) is 34.9. The van der Waals surface area contributed by atoms with E-state index in [0.717, 1.165) is 30.8 Å². The van der Waals surface area contributed by atoms with Crippen molar-refractivity contribution in [3.63, 3.8) is 0 Å². The fourth-order valence-corrected chi connectivity index (χ4v) is 3.79. The Labute approximate surface area is 153 Å². The van der Waals surface area contributed by atoms with E-state index < -0.39 is 0 Å². The summed E-state index contributed by atoms with van der Waals surface area (Å²) in [6, 6.07) is 7.66. The van der Waals surface area contributed by atoms with E-state index in [1.165, 1.54) is 12.5 Å². The van der Waals surface area contributed by atoms with Crippen LogP contribution in [0.5, 0.6) is 0 Å². The highest BCUT2D eigenvalue weighted by Gasteiger charge is 2.43. The summed E-state index contributed by atoms with van der Waals surface area (Å²) in [4.78, 5) is 4.31. The predicted octanol–water partition coefficient (Wildman–Crippen LogP) is 2.78. The Morgan fingerprint density at radius 2 is 1.96 bits per heavy atom. The third kappa shape index (κ3) is 3.47. The monoisotopic (exact) mass is 431 g/mol. The maximum Gasteiger partial charge on any atom is 0.191 e. The number of hydrogen-bond donors (Lipinski definition) is 2. The van der Waals surface area contributed by atoms with Gasteiger partial charge in [0.05, 0.1) is 18.2 Å². The molecule has 0 spiro atoms. The maximum atomic E-state index is 13.8. The number of benzene rings is 1. The summed E-state index contributed by atoms with van der Waals surface area (Å²) in [6.45, 7) is 0. The first-order chi connectivity index (χ1) is 10.7. The molecule has 1 aromatic rings. The van der Waals surface area contributed by atoms with Gasteiger partial charge in [0, 0.05) is 19.0 Å². The van der Waals surface area contributed by atoms with E-state index in [9.17, 15) is 4.39 Å². The summed E-state index contributed by atoms with van der Waals surface area (Å²) in [6.07, 6.45) is 5.09. The molecule has 0 aromatic heterocycles. The van der Waals surface area contributed by atoms with Crippen LogP contribution in [-0.2, 0) is 4.74 Å². The van der Waals surface area contributed by atoms with Crippen molar-refractivity contribution >= 4 is 29.9 Å². The Morgan fingerprint density at radius 1 is 1.17 bits per heavy atom. The van der Waals surface area contributed by atoms with Gasteiger partial charge in [-0.3, -0.25) is 4.99 Å². The standard InChI is InChI=1S/C17H22FN3O.HI/c1-19-17(21-15-8-10-6-7-16(15)22-10)20-14-9-12(14)11-4-2-3-5-13(11)18;/h2-5,10,12,14-16H,6-9H2,1H3,(H2,19,20,21);1H. The number of rotatable bonds is 3.